The summed E-state index contributed by atoms with van der Waals surface area (Å²) in [5.41, 5.74) is 3.71. The topological polar surface area (TPSA) is 55.6 Å². The Labute approximate surface area is 107 Å². The van der Waals surface area contributed by atoms with Crippen LogP contribution in [0.25, 0.3) is 0 Å². The highest BCUT2D eigenvalue weighted by Crippen LogP contribution is 2.13. The number of nitrogens with zero attached hydrogens (tertiary/aromatic N) is 4. The number of hydrogen-bond donors (Lipinski definition) is 1. The van der Waals surface area contributed by atoms with Gasteiger partial charge in [-0.2, -0.15) is 5.10 Å². The summed E-state index contributed by atoms with van der Waals surface area (Å²) in [5, 5.41) is 7.78. The maximum atomic E-state index is 4.52. The van der Waals surface area contributed by atoms with Crippen molar-refractivity contribution >= 4 is 5.82 Å². The zero-order valence-electron chi connectivity index (χ0n) is 11.1. The van der Waals surface area contributed by atoms with E-state index in [4.69, 9.17) is 0 Å². The van der Waals surface area contributed by atoms with Gasteiger partial charge in [0.15, 0.2) is 0 Å². The van der Waals surface area contributed by atoms with E-state index in [1.54, 1.807) is 18.6 Å². The van der Waals surface area contributed by atoms with Crippen LogP contribution in [0.1, 0.15) is 23.9 Å². The maximum absolute atomic E-state index is 4.52. The van der Waals surface area contributed by atoms with Gasteiger partial charge >= 0.3 is 0 Å². The van der Waals surface area contributed by atoms with Crippen LogP contribution in [0.4, 0.5) is 5.82 Å². The summed E-state index contributed by atoms with van der Waals surface area (Å²) in [7, 11) is 0. The molecule has 5 nitrogen and oxygen atoms in total. The van der Waals surface area contributed by atoms with Crippen LogP contribution in [0.2, 0.25) is 0 Å². The number of hydrogen-bond acceptors (Lipinski definition) is 4. The highest BCUT2D eigenvalue weighted by atomic mass is 15.3. The van der Waals surface area contributed by atoms with Gasteiger partial charge in [-0.05, 0) is 32.8 Å². The third-order valence-electron chi connectivity index (χ3n) is 3.08. The van der Waals surface area contributed by atoms with Gasteiger partial charge < -0.3 is 5.32 Å². The Morgan fingerprint density at radius 3 is 2.72 bits per heavy atom. The van der Waals surface area contributed by atoms with Gasteiger partial charge in [-0.25, -0.2) is 4.98 Å². The highest BCUT2D eigenvalue weighted by Gasteiger charge is 2.09. The van der Waals surface area contributed by atoms with Crippen molar-refractivity contribution in [1.29, 1.82) is 0 Å². The largest absolute Gasteiger partial charge is 0.368 e. The van der Waals surface area contributed by atoms with Crippen LogP contribution in [0.3, 0.4) is 0 Å². The molecular formula is C13H19N5. The molecule has 2 aromatic rings. The Morgan fingerprint density at radius 2 is 2.11 bits per heavy atom. The number of nitrogens with one attached hydrogen (secondary N) is 1. The molecule has 1 N–H and O–H groups in total. The molecule has 0 atom stereocenters. The summed E-state index contributed by atoms with van der Waals surface area (Å²) in [6.07, 6.45) is 6.04. The van der Waals surface area contributed by atoms with Crippen LogP contribution in [0.15, 0.2) is 18.6 Å². The average Bonchev–Trinajstić information content (AvgIpc) is 2.67. The first-order valence-electron chi connectivity index (χ1n) is 6.25. The Morgan fingerprint density at radius 1 is 1.28 bits per heavy atom. The van der Waals surface area contributed by atoms with Crippen LogP contribution in [0, 0.1) is 13.8 Å². The Hall–Kier alpha value is -1.91. The van der Waals surface area contributed by atoms with Crippen LogP contribution < -0.4 is 5.32 Å². The van der Waals surface area contributed by atoms with Crippen molar-refractivity contribution in [3.8, 4) is 0 Å². The number of aryl methyl sites for hydroxylation is 2. The van der Waals surface area contributed by atoms with E-state index in [0.717, 1.165) is 31.0 Å². The molecule has 0 aliphatic carbocycles. The lowest BCUT2D eigenvalue weighted by Crippen LogP contribution is -2.07. The van der Waals surface area contributed by atoms with Crippen molar-refractivity contribution in [1.82, 2.24) is 19.7 Å². The van der Waals surface area contributed by atoms with Gasteiger partial charge in [0.1, 0.15) is 5.82 Å². The van der Waals surface area contributed by atoms with Crippen LogP contribution in [-0.4, -0.2) is 26.3 Å². The van der Waals surface area contributed by atoms with Gasteiger partial charge in [-0.3, -0.25) is 9.67 Å². The van der Waals surface area contributed by atoms with Gasteiger partial charge in [0.2, 0.25) is 0 Å². The highest BCUT2D eigenvalue weighted by molar-refractivity contribution is 5.31. The van der Waals surface area contributed by atoms with Gasteiger partial charge in [0, 0.05) is 31.2 Å². The molecule has 2 aromatic heterocycles. The van der Waals surface area contributed by atoms with Crippen molar-refractivity contribution in [2.75, 3.05) is 11.9 Å². The minimum atomic E-state index is 0.815. The average molecular weight is 245 g/mol. The van der Waals surface area contributed by atoms with Crippen molar-refractivity contribution in [2.45, 2.75) is 33.7 Å². The lowest BCUT2D eigenvalue weighted by atomic mass is 10.1. The Bertz CT molecular complexity index is 504. The van der Waals surface area contributed by atoms with Crippen molar-refractivity contribution in [3.63, 3.8) is 0 Å². The van der Waals surface area contributed by atoms with Gasteiger partial charge in [-0.1, -0.05) is 0 Å². The third-order valence-corrected chi connectivity index (χ3v) is 3.08. The number of aromatic nitrogens is 4. The fourth-order valence-corrected chi connectivity index (χ4v) is 2.11. The molecule has 0 spiro atoms. The zero-order chi connectivity index (χ0) is 13.0. The first-order chi connectivity index (χ1) is 8.72. The van der Waals surface area contributed by atoms with Gasteiger partial charge in [-0.15, -0.1) is 0 Å². The molecular weight excluding hydrogens is 226 g/mol. The van der Waals surface area contributed by atoms with E-state index in [9.17, 15) is 0 Å². The minimum absolute atomic E-state index is 0.815. The molecule has 0 aliphatic rings. The van der Waals surface area contributed by atoms with Gasteiger partial charge in [0.25, 0.3) is 0 Å². The second-order valence-corrected chi connectivity index (χ2v) is 4.23. The van der Waals surface area contributed by atoms with Crippen molar-refractivity contribution < 1.29 is 0 Å². The zero-order valence-corrected chi connectivity index (χ0v) is 11.1. The van der Waals surface area contributed by atoms with E-state index in [0.29, 0.717) is 0 Å². The lowest BCUT2D eigenvalue weighted by molar-refractivity contribution is 0.633. The molecule has 0 radical (unpaired) electrons. The molecule has 0 aliphatic heterocycles. The summed E-state index contributed by atoms with van der Waals surface area (Å²) in [4.78, 5) is 8.20. The second-order valence-electron chi connectivity index (χ2n) is 4.23. The summed E-state index contributed by atoms with van der Waals surface area (Å²) in [6.45, 7) is 8.07. The first kappa shape index (κ1) is 12.5. The van der Waals surface area contributed by atoms with E-state index in [-0.39, 0.29) is 0 Å². The summed E-state index contributed by atoms with van der Waals surface area (Å²) >= 11 is 0. The fraction of sp³-hybridized carbons (Fsp3) is 0.462. The molecule has 0 bridgehead atoms. The smallest absolute Gasteiger partial charge is 0.144 e. The molecule has 2 rings (SSSR count). The van der Waals surface area contributed by atoms with E-state index < -0.39 is 0 Å². The number of anilines is 1. The summed E-state index contributed by atoms with van der Waals surface area (Å²) < 4.78 is 2.05. The number of rotatable bonds is 5. The minimum Gasteiger partial charge on any atom is -0.368 e. The summed E-state index contributed by atoms with van der Waals surface area (Å²) in [6, 6.07) is 0. The molecule has 0 aromatic carbocycles. The quantitative estimate of drug-likeness (QED) is 0.875. The van der Waals surface area contributed by atoms with E-state index >= 15 is 0 Å². The van der Waals surface area contributed by atoms with E-state index in [2.05, 4.69) is 41.2 Å². The standard InChI is InChI=1S/C13H19N5/c1-4-18-11(3)12(10(2)17-18)5-6-15-13-9-14-7-8-16-13/h7-9H,4-6H2,1-3H3,(H,15,16). The molecule has 0 saturated carbocycles. The predicted molar refractivity (Wildman–Crippen MR) is 71.6 cm³/mol. The normalized spacial score (nSPS) is 10.6. The molecule has 0 fully saturated rings. The van der Waals surface area contributed by atoms with Crippen molar-refractivity contribution in [2.24, 2.45) is 0 Å². The molecule has 5 heteroatoms. The van der Waals surface area contributed by atoms with Crippen LogP contribution in [0.5, 0.6) is 0 Å². The van der Waals surface area contributed by atoms with Gasteiger partial charge in [0.05, 0.1) is 11.9 Å². The predicted octanol–water partition coefficient (Wildman–Crippen LogP) is 1.96. The molecule has 0 unspecified atom stereocenters. The van der Waals surface area contributed by atoms with E-state index in [1.807, 2.05) is 4.68 Å². The molecule has 0 saturated heterocycles. The summed E-state index contributed by atoms with van der Waals surface area (Å²) in [5.74, 6) is 0.815. The first-order valence-corrected chi connectivity index (χ1v) is 6.25. The second kappa shape index (κ2) is 5.62. The Balaban J connectivity index is 1.96. The van der Waals surface area contributed by atoms with Crippen molar-refractivity contribution in [3.05, 3.63) is 35.5 Å². The third kappa shape index (κ3) is 2.67. The fourth-order valence-electron chi connectivity index (χ4n) is 2.11. The molecule has 18 heavy (non-hydrogen) atoms. The van der Waals surface area contributed by atoms with E-state index in [1.165, 1.54) is 11.3 Å². The molecule has 2 heterocycles. The van der Waals surface area contributed by atoms with Crippen LogP contribution >= 0.6 is 0 Å². The maximum Gasteiger partial charge on any atom is 0.144 e. The monoisotopic (exact) mass is 245 g/mol. The SMILES string of the molecule is CCn1nc(C)c(CCNc2cnccn2)c1C. The Kier molecular flexibility index (Phi) is 3.92. The molecule has 0 amide bonds. The molecule has 96 valence electrons. The lowest BCUT2D eigenvalue weighted by Gasteiger charge is -2.05. The van der Waals surface area contributed by atoms with Crippen LogP contribution in [-0.2, 0) is 13.0 Å².